The topological polar surface area (TPSA) is 0 Å². The summed E-state index contributed by atoms with van der Waals surface area (Å²) in [4.78, 5) is 0. The van der Waals surface area contributed by atoms with Gasteiger partial charge in [0.25, 0.3) is 0 Å². The molecule has 0 aromatic rings. The monoisotopic (exact) mass is 286 g/mol. The van der Waals surface area contributed by atoms with Gasteiger partial charge in [-0.1, -0.05) is 19.8 Å². The van der Waals surface area contributed by atoms with Gasteiger partial charge in [-0.3, -0.25) is 0 Å². The molecule has 96 valence electrons. The van der Waals surface area contributed by atoms with Gasteiger partial charge in [-0.15, -0.1) is 0 Å². The average Bonchev–Trinajstić information content (AvgIpc) is 2.31. The van der Waals surface area contributed by atoms with Crippen LogP contribution in [-0.2, 0) is 0 Å². The van der Waals surface area contributed by atoms with E-state index in [2.05, 4.69) is 23.8 Å². The van der Waals surface area contributed by atoms with E-state index in [0.29, 0.717) is 0 Å². The summed E-state index contributed by atoms with van der Waals surface area (Å²) in [6.07, 6.45) is 19.0. The fourth-order valence-electron chi connectivity index (χ4n) is 2.13. The van der Waals surface area contributed by atoms with E-state index >= 15 is 0 Å². The van der Waals surface area contributed by atoms with Crippen LogP contribution in [0.25, 0.3) is 0 Å². The molecule has 0 aliphatic heterocycles. The molecule has 0 aromatic carbocycles. The summed E-state index contributed by atoms with van der Waals surface area (Å²) in [6.45, 7) is 2.29. The second-order valence-corrected chi connectivity index (χ2v) is 5.90. The van der Waals surface area contributed by atoms with Gasteiger partial charge in [0.15, 0.2) is 0 Å². The summed E-state index contributed by atoms with van der Waals surface area (Å²) in [7, 11) is 0. The van der Waals surface area contributed by atoms with Gasteiger partial charge in [0.05, 0.1) is 0 Å². The molecule has 0 aliphatic carbocycles. The summed E-state index contributed by atoms with van der Waals surface area (Å²) in [5, 5.41) is 1.31. The van der Waals surface area contributed by atoms with Gasteiger partial charge in [0.1, 0.15) is 0 Å². The number of unbranched alkanes of at least 4 members (excludes halogenated alkanes) is 12. The molecule has 0 aromatic heterocycles. The van der Waals surface area contributed by atoms with Crippen LogP contribution in [0.5, 0.6) is 0 Å². The molecule has 0 heterocycles. The Morgan fingerprint density at radius 3 is 1.12 bits per heavy atom. The predicted octanol–water partition coefficient (Wildman–Crippen LogP) is 5.66. The molecule has 0 nitrogen and oxygen atoms in total. The number of hydrogen-bond donors (Lipinski definition) is 0. The van der Waals surface area contributed by atoms with E-state index in [1.54, 1.807) is 0 Å². The minimum absolute atomic E-state index is 1.31. The van der Waals surface area contributed by atoms with Crippen molar-refractivity contribution in [1.29, 1.82) is 0 Å². The Morgan fingerprint density at radius 1 is 0.500 bits per heavy atom. The molecule has 0 saturated heterocycles. The molecule has 0 saturated carbocycles. The maximum absolute atomic E-state index is 2.69. The van der Waals surface area contributed by atoms with Crippen molar-refractivity contribution in [2.75, 3.05) is 0 Å². The van der Waals surface area contributed by atoms with Crippen molar-refractivity contribution in [2.24, 2.45) is 0 Å². The van der Waals surface area contributed by atoms with E-state index in [-0.39, 0.29) is 0 Å². The summed E-state index contributed by atoms with van der Waals surface area (Å²) >= 11 is 2.69. The van der Waals surface area contributed by atoms with Gasteiger partial charge >= 0.3 is 92.7 Å². The number of rotatable bonds is 13. The van der Waals surface area contributed by atoms with Crippen LogP contribution in [0, 0.1) is 0 Å². The quantitative estimate of drug-likeness (QED) is 0.302. The molecule has 2 radical (unpaired) electrons. The molecule has 16 heavy (non-hydrogen) atoms. The Labute approximate surface area is 112 Å². The van der Waals surface area contributed by atoms with Crippen molar-refractivity contribution >= 4 is 16.9 Å². The van der Waals surface area contributed by atoms with Crippen molar-refractivity contribution in [3.63, 3.8) is 0 Å². The normalized spacial score (nSPS) is 10.9. The van der Waals surface area contributed by atoms with E-state index in [4.69, 9.17) is 0 Å². The second-order valence-electron chi connectivity index (χ2n) is 4.97. The Bertz CT molecular complexity index is 98.0. The molecular weight excluding hydrogens is 255 g/mol. The maximum atomic E-state index is 2.69. The molecule has 1 heteroatoms. The standard InChI is InChI=1S/C15H31As/c1-2-3-4-5-6-7-8-9-10-11-12-13-14-15-16/h2-15H2,1H3. The summed E-state index contributed by atoms with van der Waals surface area (Å²) < 4.78 is 0. The van der Waals surface area contributed by atoms with Crippen molar-refractivity contribution in [3.8, 4) is 0 Å². The van der Waals surface area contributed by atoms with Crippen LogP contribution in [0.4, 0.5) is 0 Å². The molecule has 0 aliphatic rings. The first-order valence-electron chi connectivity index (χ1n) is 7.52. The van der Waals surface area contributed by atoms with Gasteiger partial charge in [-0.2, -0.15) is 0 Å². The fraction of sp³-hybridized carbons (Fsp3) is 1.00. The summed E-state index contributed by atoms with van der Waals surface area (Å²) in [5.74, 6) is 0. The van der Waals surface area contributed by atoms with E-state index in [0.717, 1.165) is 0 Å². The molecule has 0 rings (SSSR count). The van der Waals surface area contributed by atoms with E-state index in [9.17, 15) is 0 Å². The third-order valence-corrected chi connectivity index (χ3v) is 3.93. The second kappa shape index (κ2) is 15.6. The Hall–Kier alpha value is 0.558. The van der Waals surface area contributed by atoms with E-state index < -0.39 is 0 Å². The van der Waals surface area contributed by atoms with E-state index in [1.807, 2.05) is 0 Å². The zero-order chi connectivity index (χ0) is 11.9. The van der Waals surface area contributed by atoms with Crippen LogP contribution in [0.3, 0.4) is 0 Å². The first kappa shape index (κ1) is 16.6. The molecule has 0 unspecified atom stereocenters. The summed E-state index contributed by atoms with van der Waals surface area (Å²) in [5.41, 5.74) is 0. The summed E-state index contributed by atoms with van der Waals surface area (Å²) in [6, 6.07) is 0. The molecule has 0 fully saturated rings. The molecular formula is C15H31As. The first-order chi connectivity index (χ1) is 7.91. The van der Waals surface area contributed by atoms with Crippen LogP contribution in [0.15, 0.2) is 0 Å². The van der Waals surface area contributed by atoms with Gasteiger partial charge in [0.2, 0.25) is 0 Å². The van der Waals surface area contributed by atoms with Crippen LogP contribution in [-0.4, -0.2) is 16.9 Å². The Morgan fingerprint density at radius 2 is 0.812 bits per heavy atom. The SMILES string of the molecule is CCCCCCCCCCCCCCC[As]. The van der Waals surface area contributed by atoms with Gasteiger partial charge in [-0.25, -0.2) is 0 Å². The Kier molecular flexibility index (Phi) is 16.1. The number of hydrogen-bond acceptors (Lipinski definition) is 0. The molecule has 0 bridgehead atoms. The zero-order valence-electron chi connectivity index (χ0n) is 11.3. The van der Waals surface area contributed by atoms with Crippen LogP contribution in [0.1, 0.15) is 90.4 Å². The van der Waals surface area contributed by atoms with E-state index in [1.165, 1.54) is 88.7 Å². The Balaban J connectivity index is 2.83. The molecule has 0 amide bonds. The fourth-order valence-corrected chi connectivity index (χ4v) is 2.60. The van der Waals surface area contributed by atoms with Gasteiger partial charge < -0.3 is 0 Å². The van der Waals surface area contributed by atoms with Gasteiger partial charge in [-0.05, 0) is 0 Å². The van der Waals surface area contributed by atoms with Crippen molar-refractivity contribution in [3.05, 3.63) is 0 Å². The molecule has 0 atom stereocenters. The zero-order valence-corrected chi connectivity index (χ0v) is 13.2. The van der Waals surface area contributed by atoms with Crippen molar-refractivity contribution in [1.82, 2.24) is 0 Å². The average molecular weight is 286 g/mol. The van der Waals surface area contributed by atoms with Crippen molar-refractivity contribution in [2.45, 2.75) is 95.6 Å². The first-order valence-corrected chi connectivity index (χ1v) is 8.85. The van der Waals surface area contributed by atoms with Crippen LogP contribution >= 0.6 is 0 Å². The van der Waals surface area contributed by atoms with Crippen LogP contribution in [0.2, 0.25) is 5.21 Å². The molecule has 0 spiro atoms. The third kappa shape index (κ3) is 14.6. The van der Waals surface area contributed by atoms with Gasteiger partial charge in [0, 0.05) is 0 Å². The minimum atomic E-state index is 1.31. The molecule has 0 N–H and O–H groups in total. The predicted molar refractivity (Wildman–Crippen MR) is 76.3 cm³/mol. The van der Waals surface area contributed by atoms with Crippen molar-refractivity contribution < 1.29 is 0 Å². The van der Waals surface area contributed by atoms with Crippen LogP contribution < -0.4 is 0 Å². The third-order valence-electron chi connectivity index (χ3n) is 3.26.